The van der Waals surface area contributed by atoms with E-state index in [4.69, 9.17) is 9.47 Å². The van der Waals surface area contributed by atoms with Crippen molar-refractivity contribution in [2.45, 2.75) is 25.3 Å². The summed E-state index contributed by atoms with van der Waals surface area (Å²) in [6, 6.07) is 7.84. The summed E-state index contributed by atoms with van der Waals surface area (Å²) in [6.07, 6.45) is 3.18. The van der Waals surface area contributed by atoms with E-state index >= 15 is 0 Å². The predicted molar refractivity (Wildman–Crippen MR) is 69.9 cm³/mol. The molecule has 4 nitrogen and oxygen atoms in total. The molecule has 1 fully saturated rings. The number of methoxy groups -OCH3 is 1. The van der Waals surface area contributed by atoms with Gasteiger partial charge in [0.25, 0.3) is 0 Å². The zero-order chi connectivity index (χ0) is 12.8. The first-order valence-corrected chi connectivity index (χ1v) is 6.32. The Balaban J connectivity index is 2.01. The van der Waals surface area contributed by atoms with Crippen molar-refractivity contribution in [1.82, 2.24) is 0 Å². The second-order valence-corrected chi connectivity index (χ2v) is 4.46. The molecular formula is C14H19NO3. The number of ether oxygens (including phenoxy) is 2. The highest BCUT2D eigenvalue weighted by Crippen LogP contribution is 2.17. The lowest BCUT2D eigenvalue weighted by molar-refractivity contribution is 0.0601. The normalized spacial score (nSPS) is 19.9. The minimum atomic E-state index is -0.303. The van der Waals surface area contributed by atoms with E-state index in [1.807, 2.05) is 18.2 Å². The lowest BCUT2D eigenvalue weighted by Gasteiger charge is -2.17. The second-order valence-electron chi connectivity index (χ2n) is 4.46. The van der Waals surface area contributed by atoms with Gasteiger partial charge in [-0.3, -0.25) is 0 Å². The van der Waals surface area contributed by atoms with Gasteiger partial charge < -0.3 is 14.8 Å². The fraction of sp³-hybridized carbons (Fsp3) is 0.500. The first kappa shape index (κ1) is 12.9. The van der Waals surface area contributed by atoms with Crippen LogP contribution < -0.4 is 5.32 Å². The number of rotatable bonds is 3. The molecular weight excluding hydrogens is 230 g/mol. The Morgan fingerprint density at radius 1 is 1.39 bits per heavy atom. The number of hydrogen-bond acceptors (Lipinski definition) is 4. The lowest BCUT2D eigenvalue weighted by Crippen LogP contribution is -2.19. The maximum absolute atomic E-state index is 11.4. The number of carbonyl (C=O) groups excluding carboxylic acids is 1. The van der Waals surface area contributed by atoms with E-state index in [0.717, 1.165) is 38.2 Å². The Kier molecular flexibility index (Phi) is 4.59. The first-order valence-electron chi connectivity index (χ1n) is 6.32. The van der Waals surface area contributed by atoms with E-state index in [2.05, 4.69) is 5.32 Å². The predicted octanol–water partition coefficient (Wildman–Crippen LogP) is 2.45. The number of hydrogen-bond donors (Lipinski definition) is 1. The molecule has 0 amide bonds. The van der Waals surface area contributed by atoms with E-state index in [9.17, 15) is 4.79 Å². The van der Waals surface area contributed by atoms with Gasteiger partial charge in [-0.05, 0) is 37.5 Å². The van der Waals surface area contributed by atoms with E-state index in [1.54, 1.807) is 6.07 Å². The molecule has 1 aliphatic rings. The zero-order valence-corrected chi connectivity index (χ0v) is 10.6. The van der Waals surface area contributed by atoms with E-state index < -0.39 is 0 Å². The van der Waals surface area contributed by atoms with Crippen molar-refractivity contribution >= 4 is 11.7 Å². The van der Waals surface area contributed by atoms with Crippen molar-refractivity contribution in [3.63, 3.8) is 0 Å². The molecule has 0 saturated carbocycles. The third-order valence-corrected chi connectivity index (χ3v) is 3.11. The third kappa shape index (κ3) is 3.47. The molecule has 98 valence electrons. The number of carbonyl (C=O) groups is 1. The first-order chi connectivity index (χ1) is 8.79. The van der Waals surface area contributed by atoms with Gasteiger partial charge in [0.1, 0.15) is 0 Å². The molecule has 4 heteroatoms. The fourth-order valence-electron chi connectivity index (χ4n) is 2.14. The number of benzene rings is 1. The Hall–Kier alpha value is -1.55. The fourth-order valence-corrected chi connectivity index (χ4v) is 2.14. The molecule has 0 bridgehead atoms. The highest BCUT2D eigenvalue weighted by atomic mass is 16.5. The van der Waals surface area contributed by atoms with E-state index in [-0.39, 0.29) is 5.97 Å². The standard InChI is InChI=1S/C14H19NO3/c1-17-14(16)11-4-2-5-13(10-11)15-12-6-3-8-18-9-7-12/h2,4-5,10,12,15H,3,6-9H2,1H3. The van der Waals surface area contributed by atoms with Crippen molar-refractivity contribution in [1.29, 1.82) is 0 Å². The molecule has 1 N–H and O–H groups in total. The van der Waals surface area contributed by atoms with Crippen molar-refractivity contribution < 1.29 is 14.3 Å². The molecule has 1 aromatic carbocycles. The number of esters is 1. The minimum absolute atomic E-state index is 0.303. The van der Waals surface area contributed by atoms with Gasteiger partial charge in [-0.2, -0.15) is 0 Å². The van der Waals surface area contributed by atoms with Crippen LogP contribution in [-0.2, 0) is 9.47 Å². The lowest BCUT2D eigenvalue weighted by atomic mass is 10.1. The summed E-state index contributed by atoms with van der Waals surface area (Å²) in [5, 5.41) is 3.45. The average molecular weight is 249 g/mol. The smallest absolute Gasteiger partial charge is 0.337 e. The quantitative estimate of drug-likeness (QED) is 0.836. The molecule has 1 aliphatic heterocycles. The molecule has 2 rings (SSSR count). The molecule has 18 heavy (non-hydrogen) atoms. The van der Waals surface area contributed by atoms with Crippen LogP contribution in [0.3, 0.4) is 0 Å². The van der Waals surface area contributed by atoms with Crippen LogP contribution in [0.4, 0.5) is 5.69 Å². The van der Waals surface area contributed by atoms with Crippen molar-refractivity contribution in [3.05, 3.63) is 29.8 Å². The Morgan fingerprint density at radius 3 is 3.11 bits per heavy atom. The van der Waals surface area contributed by atoms with Gasteiger partial charge in [-0.1, -0.05) is 6.07 Å². The van der Waals surface area contributed by atoms with Gasteiger partial charge in [0.2, 0.25) is 0 Å². The monoisotopic (exact) mass is 249 g/mol. The maximum atomic E-state index is 11.4. The zero-order valence-electron chi connectivity index (χ0n) is 10.6. The largest absolute Gasteiger partial charge is 0.465 e. The molecule has 0 spiro atoms. The molecule has 1 heterocycles. The molecule has 1 saturated heterocycles. The Labute approximate surface area is 107 Å². The van der Waals surface area contributed by atoms with Crippen LogP contribution in [0.25, 0.3) is 0 Å². The third-order valence-electron chi connectivity index (χ3n) is 3.11. The van der Waals surface area contributed by atoms with Crippen LogP contribution in [0, 0.1) is 0 Å². The maximum Gasteiger partial charge on any atom is 0.337 e. The summed E-state index contributed by atoms with van der Waals surface area (Å²) in [5.41, 5.74) is 1.54. The number of nitrogens with one attached hydrogen (secondary N) is 1. The van der Waals surface area contributed by atoms with Gasteiger partial charge >= 0.3 is 5.97 Å². The molecule has 1 atom stereocenters. The molecule has 1 aromatic rings. The van der Waals surface area contributed by atoms with Crippen LogP contribution in [0.5, 0.6) is 0 Å². The molecule has 1 unspecified atom stereocenters. The number of anilines is 1. The molecule has 0 radical (unpaired) electrons. The van der Waals surface area contributed by atoms with E-state index in [1.165, 1.54) is 7.11 Å². The van der Waals surface area contributed by atoms with Gasteiger partial charge in [0, 0.05) is 24.9 Å². The highest BCUT2D eigenvalue weighted by molar-refractivity contribution is 5.90. The Morgan fingerprint density at radius 2 is 2.28 bits per heavy atom. The SMILES string of the molecule is COC(=O)c1cccc(NC2CCCOCC2)c1. The van der Waals surface area contributed by atoms with E-state index in [0.29, 0.717) is 11.6 Å². The van der Waals surface area contributed by atoms with Gasteiger partial charge in [0.05, 0.1) is 12.7 Å². The highest BCUT2D eigenvalue weighted by Gasteiger charge is 2.13. The van der Waals surface area contributed by atoms with Crippen LogP contribution in [0.15, 0.2) is 24.3 Å². The summed E-state index contributed by atoms with van der Waals surface area (Å²) in [7, 11) is 1.39. The Bertz CT molecular complexity index is 398. The summed E-state index contributed by atoms with van der Waals surface area (Å²) in [5.74, 6) is -0.303. The van der Waals surface area contributed by atoms with Gasteiger partial charge in [-0.15, -0.1) is 0 Å². The summed E-state index contributed by atoms with van der Waals surface area (Å²) in [4.78, 5) is 11.4. The summed E-state index contributed by atoms with van der Waals surface area (Å²) in [6.45, 7) is 1.65. The van der Waals surface area contributed by atoms with Crippen molar-refractivity contribution in [2.24, 2.45) is 0 Å². The summed E-state index contributed by atoms with van der Waals surface area (Å²) >= 11 is 0. The van der Waals surface area contributed by atoms with Gasteiger partial charge in [0.15, 0.2) is 0 Å². The topological polar surface area (TPSA) is 47.6 Å². The van der Waals surface area contributed by atoms with Crippen LogP contribution in [0.1, 0.15) is 29.6 Å². The van der Waals surface area contributed by atoms with Crippen molar-refractivity contribution in [3.8, 4) is 0 Å². The summed E-state index contributed by atoms with van der Waals surface area (Å²) < 4.78 is 10.1. The second kappa shape index (κ2) is 6.40. The molecule has 0 aromatic heterocycles. The van der Waals surface area contributed by atoms with Crippen LogP contribution >= 0.6 is 0 Å². The van der Waals surface area contributed by atoms with Crippen molar-refractivity contribution in [2.75, 3.05) is 25.6 Å². The average Bonchev–Trinajstić information content (AvgIpc) is 2.67. The van der Waals surface area contributed by atoms with Crippen LogP contribution in [0.2, 0.25) is 0 Å². The molecule has 0 aliphatic carbocycles. The minimum Gasteiger partial charge on any atom is -0.465 e. The van der Waals surface area contributed by atoms with Gasteiger partial charge in [-0.25, -0.2) is 4.79 Å². The van der Waals surface area contributed by atoms with Crippen LogP contribution in [-0.4, -0.2) is 32.3 Å².